The monoisotopic (exact) mass is 413 g/mol. The van der Waals surface area contributed by atoms with Crippen LogP contribution in [0.5, 0.6) is 0 Å². The molecule has 0 aromatic heterocycles. The van der Waals surface area contributed by atoms with Crippen molar-refractivity contribution in [3.05, 3.63) is 40.9 Å². The van der Waals surface area contributed by atoms with Crippen molar-refractivity contribution < 1.29 is 22.7 Å². The minimum absolute atomic E-state index is 0.0383. The molecule has 1 heterocycles. The minimum Gasteiger partial charge on any atom is -0.452 e. The first-order valence-electron chi connectivity index (χ1n) is 8.84. The summed E-state index contributed by atoms with van der Waals surface area (Å²) >= 11 is 6.01. The molecule has 27 heavy (non-hydrogen) atoms. The van der Waals surface area contributed by atoms with E-state index in [2.05, 4.69) is 0 Å². The topological polar surface area (TPSA) is 80.8 Å². The van der Waals surface area contributed by atoms with Gasteiger partial charge in [-0.1, -0.05) is 36.7 Å². The average Bonchev–Trinajstić information content (AvgIpc) is 2.98. The van der Waals surface area contributed by atoms with Crippen LogP contribution in [0.15, 0.2) is 30.3 Å². The maximum Gasteiger partial charge on any atom is 0.331 e. The predicted octanol–water partition coefficient (Wildman–Crippen LogP) is 2.71. The fraction of sp³-hybridized carbons (Fsp3) is 0.474. The number of ether oxygens (including phenoxy) is 1. The number of carbonyl (C=O) groups excluding carboxylic acids is 2. The second kappa shape index (κ2) is 9.37. The summed E-state index contributed by atoms with van der Waals surface area (Å²) in [6, 6.07) is 6.53. The molecule has 0 aliphatic carbocycles. The Balaban J connectivity index is 1.97. The molecule has 1 aliphatic rings. The molecular weight excluding hydrogens is 390 g/mol. The molecule has 1 aliphatic heterocycles. The third kappa shape index (κ3) is 6.07. The van der Waals surface area contributed by atoms with Gasteiger partial charge in [-0.3, -0.25) is 4.79 Å². The van der Waals surface area contributed by atoms with Gasteiger partial charge in [-0.15, -0.1) is 0 Å². The van der Waals surface area contributed by atoms with E-state index in [0.29, 0.717) is 23.4 Å². The van der Waals surface area contributed by atoms with Crippen LogP contribution in [-0.2, 0) is 24.2 Å². The molecular formula is C19H24ClNO5S. The van der Waals surface area contributed by atoms with Gasteiger partial charge in [0, 0.05) is 23.2 Å². The lowest BCUT2D eigenvalue weighted by atomic mass is 10.1. The molecule has 1 aromatic rings. The molecule has 1 aromatic carbocycles. The Morgan fingerprint density at radius 3 is 2.67 bits per heavy atom. The lowest BCUT2D eigenvalue weighted by molar-refractivity contribution is -0.150. The highest BCUT2D eigenvalue weighted by Gasteiger charge is 2.36. The van der Waals surface area contributed by atoms with Gasteiger partial charge in [0.15, 0.2) is 16.4 Å². The van der Waals surface area contributed by atoms with Gasteiger partial charge in [0.05, 0.1) is 11.5 Å². The first-order valence-corrected chi connectivity index (χ1v) is 11.0. The van der Waals surface area contributed by atoms with Gasteiger partial charge >= 0.3 is 5.97 Å². The van der Waals surface area contributed by atoms with Crippen LogP contribution >= 0.6 is 11.6 Å². The highest BCUT2D eigenvalue weighted by Crippen LogP contribution is 2.21. The van der Waals surface area contributed by atoms with Gasteiger partial charge < -0.3 is 9.64 Å². The molecule has 0 bridgehead atoms. The molecule has 1 fully saturated rings. The zero-order valence-electron chi connectivity index (χ0n) is 15.4. The van der Waals surface area contributed by atoms with E-state index in [1.165, 1.54) is 12.2 Å². The Bertz CT molecular complexity index is 821. The third-order valence-electron chi connectivity index (χ3n) is 4.60. The Labute approximate surface area is 165 Å². The number of nitrogens with zero attached hydrogens (tertiary/aromatic N) is 1. The average molecular weight is 414 g/mol. The van der Waals surface area contributed by atoms with Crippen LogP contribution in [0.3, 0.4) is 0 Å². The van der Waals surface area contributed by atoms with E-state index in [4.69, 9.17) is 16.3 Å². The lowest BCUT2D eigenvalue weighted by Crippen LogP contribution is -2.48. The van der Waals surface area contributed by atoms with Crippen molar-refractivity contribution in [1.29, 1.82) is 0 Å². The van der Waals surface area contributed by atoms with E-state index in [1.54, 1.807) is 29.2 Å². The SMILES string of the molecule is CC[C@H](C)N(C(=O)COC(=O)/C=C/c1ccccc1Cl)[C@@H]1CCS(=O)(=O)C1. The molecule has 148 valence electrons. The van der Waals surface area contributed by atoms with Crippen molar-refractivity contribution in [2.75, 3.05) is 18.1 Å². The Kier molecular flexibility index (Phi) is 7.44. The Morgan fingerprint density at radius 1 is 1.37 bits per heavy atom. The van der Waals surface area contributed by atoms with Crippen molar-refractivity contribution in [3.63, 3.8) is 0 Å². The van der Waals surface area contributed by atoms with Crippen LogP contribution in [0.2, 0.25) is 5.02 Å². The van der Waals surface area contributed by atoms with Crippen LogP contribution in [0.4, 0.5) is 0 Å². The molecule has 0 saturated carbocycles. The minimum atomic E-state index is -3.12. The second-order valence-corrected chi connectivity index (χ2v) is 9.21. The van der Waals surface area contributed by atoms with E-state index in [1.807, 2.05) is 13.8 Å². The van der Waals surface area contributed by atoms with E-state index in [0.717, 1.165) is 0 Å². The Hall–Kier alpha value is -1.86. The lowest BCUT2D eigenvalue weighted by Gasteiger charge is -2.33. The molecule has 0 N–H and O–H groups in total. The maximum absolute atomic E-state index is 12.6. The number of esters is 1. The number of halogens is 1. The quantitative estimate of drug-likeness (QED) is 0.507. The smallest absolute Gasteiger partial charge is 0.331 e. The molecule has 2 rings (SSSR count). The number of rotatable bonds is 7. The van der Waals surface area contributed by atoms with E-state index in [9.17, 15) is 18.0 Å². The summed E-state index contributed by atoms with van der Waals surface area (Å²) in [5.74, 6) is -1.00. The molecule has 1 amide bonds. The summed E-state index contributed by atoms with van der Waals surface area (Å²) in [7, 11) is -3.12. The fourth-order valence-corrected chi connectivity index (χ4v) is 4.93. The number of amides is 1. The molecule has 0 radical (unpaired) electrons. The van der Waals surface area contributed by atoms with Crippen molar-refractivity contribution in [3.8, 4) is 0 Å². The number of hydrogen-bond donors (Lipinski definition) is 0. The summed E-state index contributed by atoms with van der Waals surface area (Å²) in [6.07, 6.45) is 3.83. The summed E-state index contributed by atoms with van der Waals surface area (Å²) in [5.41, 5.74) is 0.667. The van der Waals surface area contributed by atoms with Gasteiger partial charge in [-0.05, 0) is 37.5 Å². The number of carbonyl (C=O) groups is 2. The first-order chi connectivity index (χ1) is 12.7. The zero-order valence-corrected chi connectivity index (χ0v) is 17.0. The van der Waals surface area contributed by atoms with E-state index in [-0.39, 0.29) is 29.5 Å². The molecule has 0 unspecified atom stereocenters. The molecule has 6 nitrogen and oxygen atoms in total. The highest BCUT2D eigenvalue weighted by molar-refractivity contribution is 7.91. The normalized spacial score (nSPS) is 19.7. The number of sulfone groups is 1. The van der Waals surface area contributed by atoms with Crippen molar-refractivity contribution in [2.45, 2.75) is 38.8 Å². The van der Waals surface area contributed by atoms with Gasteiger partial charge in [0.25, 0.3) is 5.91 Å². The molecule has 8 heteroatoms. The second-order valence-electron chi connectivity index (χ2n) is 6.58. The van der Waals surface area contributed by atoms with Crippen molar-refractivity contribution in [2.24, 2.45) is 0 Å². The predicted molar refractivity (Wildman–Crippen MR) is 105 cm³/mol. The summed E-state index contributed by atoms with van der Waals surface area (Å²) in [6.45, 7) is 3.36. The third-order valence-corrected chi connectivity index (χ3v) is 6.69. The van der Waals surface area contributed by atoms with Crippen molar-refractivity contribution >= 4 is 39.4 Å². The Morgan fingerprint density at radius 2 is 2.07 bits per heavy atom. The van der Waals surface area contributed by atoms with Crippen molar-refractivity contribution in [1.82, 2.24) is 4.90 Å². The van der Waals surface area contributed by atoms with Crippen LogP contribution < -0.4 is 0 Å². The molecule has 2 atom stereocenters. The van der Waals surface area contributed by atoms with Crippen LogP contribution in [0.1, 0.15) is 32.3 Å². The van der Waals surface area contributed by atoms with Gasteiger partial charge in [-0.2, -0.15) is 0 Å². The van der Waals surface area contributed by atoms with Gasteiger partial charge in [-0.25, -0.2) is 13.2 Å². The largest absolute Gasteiger partial charge is 0.452 e. The summed E-state index contributed by atoms with van der Waals surface area (Å²) in [4.78, 5) is 26.0. The van der Waals surface area contributed by atoms with Crippen LogP contribution in [0, 0.1) is 0 Å². The van der Waals surface area contributed by atoms with Gasteiger partial charge in [0.1, 0.15) is 0 Å². The summed E-state index contributed by atoms with van der Waals surface area (Å²) < 4.78 is 28.5. The first kappa shape index (κ1) is 21.4. The van der Waals surface area contributed by atoms with E-state index >= 15 is 0 Å². The van der Waals surface area contributed by atoms with Crippen LogP contribution in [0.25, 0.3) is 6.08 Å². The van der Waals surface area contributed by atoms with Gasteiger partial charge in [0.2, 0.25) is 0 Å². The summed E-state index contributed by atoms with van der Waals surface area (Å²) in [5, 5.41) is 0.503. The maximum atomic E-state index is 12.6. The van der Waals surface area contributed by atoms with E-state index < -0.39 is 22.4 Å². The van der Waals surface area contributed by atoms with Crippen LogP contribution in [-0.4, -0.2) is 55.4 Å². The molecule has 1 saturated heterocycles. The number of hydrogen-bond acceptors (Lipinski definition) is 5. The molecule has 0 spiro atoms. The number of benzene rings is 1. The highest BCUT2D eigenvalue weighted by atomic mass is 35.5. The standard InChI is InChI=1S/C19H24ClNO5S/c1-3-14(2)21(16-10-11-27(24,25)13-16)18(22)12-26-19(23)9-8-15-6-4-5-7-17(15)20/h4-9,14,16H,3,10-13H2,1-2H3/b9-8+/t14-,16+/m0/s1. The zero-order chi connectivity index (χ0) is 20.0. The fourth-order valence-electron chi connectivity index (χ4n) is 3.02.